The van der Waals surface area contributed by atoms with Gasteiger partial charge in [0.2, 0.25) is 3.79 Å². The van der Waals surface area contributed by atoms with Crippen LogP contribution in [-0.4, -0.2) is 22.1 Å². The van der Waals surface area contributed by atoms with E-state index < -0.39 is 3.79 Å². The zero-order valence-corrected chi connectivity index (χ0v) is 15.8. The fourth-order valence-electron chi connectivity index (χ4n) is 2.09. The number of hydrogen-bond donors (Lipinski definition) is 0. The zero-order chi connectivity index (χ0) is 18.6. The van der Waals surface area contributed by atoms with Crippen LogP contribution in [0.4, 0.5) is 0 Å². The Morgan fingerprint density at radius 3 is 1.96 bits per heavy atom. The molecular formula is C19H12Cl3N3O. The molecule has 0 aliphatic heterocycles. The third kappa shape index (κ3) is 4.64. The maximum atomic E-state index is 5.81. The molecule has 130 valence electrons. The minimum Gasteiger partial charge on any atom is -0.497 e. The highest BCUT2D eigenvalue weighted by atomic mass is 35.6. The number of aromatic nitrogens is 3. The first-order chi connectivity index (χ1) is 12.5. The molecular weight excluding hydrogens is 393 g/mol. The summed E-state index contributed by atoms with van der Waals surface area (Å²) in [6, 6.07) is 15.0. The van der Waals surface area contributed by atoms with Crippen LogP contribution >= 0.6 is 34.8 Å². The smallest absolute Gasteiger partial charge is 0.250 e. The minimum atomic E-state index is -1.69. The second-order valence-corrected chi connectivity index (χ2v) is 7.47. The molecule has 0 unspecified atom stereocenters. The van der Waals surface area contributed by atoms with E-state index >= 15 is 0 Å². The van der Waals surface area contributed by atoms with Gasteiger partial charge in [-0.1, -0.05) is 46.6 Å². The second-order valence-electron chi connectivity index (χ2n) is 5.19. The number of halogens is 3. The summed E-state index contributed by atoms with van der Waals surface area (Å²) in [4.78, 5) is 12.2. The molecule has 4 nitrogen and oxygen atoms in total. The summed E-state index contributed by atoms with van der Waals surface area (Å²) in [6.45, 7) is 0. The predicted molar refractivity (Wildman–Crippen MR) is 103 cm³/mol. The molecule has 7 heteroatoms. The van der Waals surface area contributed by atoms with Crippen molar-refractivity contribution in [2.75, 3.05) is 7.11 Å². The Balaban J connectivity index is 1.80. The highest BCUT2D eigenvalue weighted by Crippen LogP contribution is 2.35. The topological polar surface area (TPSA) is 47.9 Å². The lowest BCUT2D eigenvalue weighted by atomic mass is 10.1. The molecule has 0 saturated heterocycles. The van der Waals surface area contributed by atoms with Crippen molar-refractivity contribution in [3.8, 4) is 29.0 Å². The third-order valence-electron chi connectivity index (χ3n) is 3.41. The van der Waals surface area contributed by atoms with E-state index in [2.05, 4.69) is 26.8 Å². The number of methoxy groups -OCH3 is 1. The van der Waals surface area contributed by atoms with Crippen molar-refractivity contribution in [3.63, 3.8) is 0 Å². The molecule has 1 aromatic heterocycles. The van der Waals surface area contributed by atoms with Crippen LogP contribution in [0, 0.1) is 11.8 Å². The van der Waals surface area contributed by atoms with E-state index in [0.717, 1.165) is 22.4 Å². The number of nitrogens with zero attached hydrogens (tertiary/aromatic N) is 3. The van der Waals surface area contributed by atoms with E-state index in [1.165, 1.54) is 6.33 Å². The lowest BCUT2D eigenvalue weighted by Gasteiger charge is -2.09. The monoisotopic (exact) mass is 403 g/mol. The Kier molecular flexibility index (Phi) is 5.63. The van der Waals surface area contributed by atoms with Crippen LogP contribution in [0.5, 0.6) is 5.75 Å². The van der Waals surface area contributed by atoms with Gasteiger partial charge >= 0.3 is 0 Å². The van der Waals surface area contributed by atoms with Crippen LogP contribution in [0.1, 0.15) is 17.0 Å². The highest BCUT2D eigenvalue weighted by molar-refractivity contribution is 6.66. The van der Waals surface area contributed by atoms with Crippen molar-refractivity contribution < 1.29 is 4.74 Å². The van der Waals surface area contributed by atoms with E-state index in [0.29, 0.717) is 5.82 Å². The molecule has 0 N–H and O–H groups in total. The summed E-state index contributed by atoms with van der Waals surface area (Å²) >= 11 is 17.4. The van der Waals surface area contributed by atoms with Gasteiger partial charge in [-0.15, -0.1) is 0 Å². The number of ether oxygens (including phenoxy) is 1. The van der Waals surface area contributed by atoms with E-state index in [4.69, 9.17) is 39.5 Å². The molecule has 0 saturated carbocycles. The lowest BCUT2D eigenvalue weighted by Crippen LogP contribution is -2.08. The SMILES string of the molecule is COc1ccc(C#Cc2ccc(-c3ncnc(C(Cl)(Cl)Cl)n3)cc2)cc1. The minimum absolute atomic E-state index is 0.0795. The Morgan fingerprint density at radius 2 is 1.42 bits per heavy atom. The summed E-state index contributed by atoms with van der Waals surface area (Å²) in [6.07, 6.45) is 1.32. The number of hydrogen-bond acceptors (Lipinski definition) is 4. The van der Waals surface area contributed by atoms with Gasteiger partial charge in [-0.25, -0.2) is 15.0 Å². The quantitative estimate of drug-likeness (QED) is 0.456. The standard InChI is InChI=1S/C19H12Cl3N3O/c1-26-16-10-6-14(7-11-16)3-2-13-4-8-15(9-5-13)17-23-12-24-18(25-17)19(20,21)22/h4-12H,1H3. The maximum absolute atomic E-state index is 5.81. The van der Waals surface area contributed by atoms with Crippen molar-refractivity contribution in [2.24, 2.45) is 0 Å². The third-order valence-corrected chi connectivity index (χ3v) is 3.92. The summed E-state index contributed by atoms with van der Waals surface area (Å²) in [5.74, 6) is 7.51. The van der Waals surface area contributed by atoms with E-state index in [1.807, 2.05) is 48.5 Å². The number of rotatable bonds is 2. The van der Waals surface area contributed by atoms with Crippen LogP contribution < -0.4 is 4.74 Å². The van der Waals surface area contributed by atoms with Crippen LogP contribution in [0.25, 0.3) is 11.4 Å². The molecule has 0 radical (unpaired) electrons. The van der Waals surface area contributed by atoms with Crippen LogP contribution in [0.3, 0.4) is 0 Å². The van der Waals surface area contributed by atoms with Gasteiger partial charge in [-0.2, -0.15) is 0 Å². The van der Waals surface area contributed by atoms with Crippen molar-refractivity contribution in [1.29, 1.82) is 0 Å². The predicted octanol–water partition coefficient (Wildman–Crippen LogP) is 4.77. The van der Waals surface area contributed by atoms with Crippen molar-refractivity contribution in [2.45, 2.75) is 3.79 Å². The molecule has 1 heterocycles. The summed E-state index contributed by atoms with van der Waals surface area (Å²) < 4.78 is 3.43. The Bertz CT molecular complexity index is 956. The molecule has 3 aromatic rings. The molecule has 0 bridgehead atoms. The maximum Gasteiger partial charge on any atom is 0.250 e. The molecule has 0 aliphatic carbocycles. The Morgan fingerprint density at radius 1 is 0.846 bits per heavy atom. The largest absolute Gasteiger partial charge is 0.497 e. The number of benzene rings is 2. The molecule has 3 rings (SSSR count). The van der Waals surface area contributed by atoms with Crippen molar-refractivity contribution in [3.05, 3.63) is 71.8 Å². The van der Waals surface area contributed by atoms with Crippen LogP contribution in [0.2, 0.25) is 0 Å². The first-order valence-corrected chi connectivity index (χ1v) is 8.62. The summed E-state index contributed by atoms with van der Waals surface area (Å²) in [5, 5.41) is 0. The van der Waals surface area contributed by atoms with Gasteiger partial charge in [0, 0.05) is 16.7 Å². The van der Waals surface area contributed by atoms with Gasteiger partial charge < -0.3 is 4.74 Å². The Labute approximate surface area is 166 Å². The van der Waals surface area contributed by atoms with Gasteiger partial charge in [0.1, 0.15) is 12.1 Å². The van der Waals surface area contributed by atoms with Crippen LogP contribution in [0.15, 0.2) is 54.9 Å². The van der Waals surface area contributed by atoms with Crippen LogP contribution in [-0.2, 0) is 3.79 Å². The molecule has 0 spiro atoms. The van der Waals surface area contributed by atoms with Gasteiger partial charge in [-0.3, -0.25) is 0 Å². The van der Waals surface area contributed by atoms with E-state index in [-0.39, 0.29) is 5.82 Å². The van der Waals surface area contributed by atoms with E-state index in [1.54, 1.807) is 7.11 Å². The van der Waals surface area contributed by atoms with Crippen molar-refractivity contribution >= 4 is 34.8 Å². The normalized spacial score (nSPS) is 10.8. The molecule has 2 aromatic carbocycles. The second kappa shape index (κ2) is 7.92. The fourth-order valence-corrected chi connectivity index (χ4v) is 2.37. The lowest BCUT2D eigenvalue weighted by molar-refractivity contribution is 0.415. The average molecular weight is 405 g/mol. The molecule has 0 amide bonds. The summed E-state index contributed by atoms with van der Waals surface area (Å²) in [5.41, 5.74) is 2.54. The zero-order valence-electron chi connectivity index (χ0n) is 13.6. The molecule has 26 heavy (non-hydrogen) atoms. The van der Waals surface area contributed by atoms with Gasteiger partial charge in [0.25, 0.3) is 0 Å². The van der Waals surface area contributed by atoms with Gasteiger partial charge in [0.05, 0.1) is 7.11 Å². The first-order valence-electron chi connectivity index (χ1n) is 7.48. The molecule has 0 atom stereocenters. The van der Waals surface area contributed by atoms with E-state index in [9.17, 15) is 0 Å². The van der Waals surface area contributed by atoms with Gasteiger partial charge in [-0.05, 0) is 48.5 Å². The highest BCUT2D eigenvalue weighted by Gasteiger charge is 2.27. The fraction of sp³-hybridized carbons (Fsp3) is 0.105. The number of alkyl halides is 3. The molecule has 0 fully saturated rings. The summed E-state index contributed by atoms with van der Waals surface area (Å²) in [7, 11) is 1.63. The Hall–Kier alpha value is -2.32. The first kappa shape index (κ1) is 18.5. The molecule has 0 aliphatic rings. The average Bonchev–Trinajstić information content (AvgIpc) is 2.66. The van der Waals surface area contributed by atoms with Gasteiger partial charge in [0.15, 0.2) is 11.6 Å². The van der Waals surface area contributed by atoms with Crippen molar-refractivity contribution in [1.82, 2.24) is 15.0 Å².